The Labute approximate surface area is 221 Å². The smallest absolute Gasteiger partial charge is 0.251 e. The van der Waals surface area contributed by atoms with Gasteiger partial charge in [0.2, 0.25) is 11.8 Å². The topological polar surface area (TPSA) is 167 Å². The van der Waals surface area contributed by atoms with Gasteiger partial charge in [0.15, 0.2) is 17.4 Å². The zero-order valence-electron chi connectivity index (χ0n) is 22.0. The molecule has 2 aliphatic rings. The summed E-state index contributed by atoms with van der Waals surface area (Å²) in [6, 6.07) is 1.98. The molecular formula is C27H31N7O4. The molecule has 3 rings (SSSR count). The Balaban J connectivity index is 1.76. The first-order chi connectivity index (χ1) is 18.0. The van der Waals surface area contributed by atoms with Crippen LogP contribution in [-0.4, -0.2) is 56.9 Å². The highest BCUT2D eigenvalue weighted by Crippen LogP contribution is 2.24. The number of hydrogen-bond acceptors (Lipinski definition) is 9. The Kier molecular flexibility index (Phi) is 9.49. The summed E-state index contributed by atoms with van der Waals surface area (Å²) in [5, 5.41) is 15.1. The second-order valence-electron chi connectivity index (χ2n) is 9.77. The third-order valence-corrected chi connectivity index (χ3v) is 5.63. The molecule has 1 heterocycles. The van der Waals surface area contributed by atoms with Crippen molar-refractivity contribution in [3.63, 3.8) is 0 Å². The Bertz CT molecular complexity index is 1310. The standard InChI is InChI=1S/C27H31N7O4/c1-15(2)30-24(37)11-17-5-7-20(22(35)9-17)32-26-19(13-28)14-29-27(34-26)33-21-8-6-18(10-23(21)36)12-25(38)31-16(3)4/h9-10,14-16H,5-8,11-12H2,1-4H3,(H,30,37)(H,31,38). The molecule has 198 valence electrons. The van der Waals surface area contributed by atoms with Crippen LogP contribution in [0.5, 0.6) is 0 Å². The molecule has 0 bridgehead atoms. The highest BCUT2D eigenvalue weighted by molar-refractivity contribution is 6.45. The number of aromatic nitrogens is 2. The van der Waals surface area contributed by atoms with Gasteiger partial charge >= 0.3 is 0 Å². The first-order valence-electron chi connectivity index (χ1n) is 12.5. The molecule has 2 N–H and O–H groups in total. The SMILES string of the molecule is CC(C)NC(=O)CC1=CC(=O)C(=Nc2ncc(C#N)c(N=C3CCC(CC(=O)NC(C)C)=CC3=O)n2)CC1. The van der Waals surface area contributed by atoms with Crippen molar-refractivity contribution in [3.05, 3.63) is 35.1 Å². The van der Waals surface area contributed by atoms with Crippen molar-refractivity contribution in [2.24, 2.45) is 9.98 Å². The monoisotopic (exact) mass is 517 g/mol. The van der Waals surface area contributed by atoms with Gasteiger partial charge in [-0.2, -0.15) is 10.2 Å². The van der Waals surface area contributed by atoms with Crippen molar-refractivity contribution in [1.29, 1.82) is 5.26 Å². The van der Waals surface area contributed by atoms with Gasteiger partial charge in [-0.3, -0.25) is 19.2 Å². The van der Waals surface area contributed by atoms with E-state index in [1.165, 1.54) is 18.3 Å². The third kappa shape index (κ3) is 8.09. The molecule has 11 nitrogen and oxygen atoms in total. The summed E-state index contributed by atoms with van der Waals surface area (Å²) in [6.07, 6.45) is 5.97. The maximum absolute atomic E-state index is 12.7. The molecule has 0 spiro atoms. The van der Waals surface area contributed by atoms with E-state index in [1.54, 1.807) is 0 Å². The lowest BCUT2D eigenvalue weighted by Gasteiger charge is -2.15. The van der Waals surface area contributed by atoms with Crippen molar-refractivity contribution < 1.29 is 19.2 Å². The van der Waals surface area contributed by atoms with Gasteiger partial charge < -0.3 is 10.6 Å². The minimum Gasteiger partial charge on any atom is -0.354 e. The van der Waals surface area contributed by atoms with Crippen molar-refractivity contribution in [2.45, 2.75) is 78.3 Å². The molecule has 1 aromatic rings. The highest BCUT2D eigenvalue weighted by atomic mass is 16.2. The van der Waals surface area contributed by atoms with Crippen LogP contribution >= 0.6 is 0 Å². The molecule has 0 atom stereocenters. The Morgan fingerprint density at radius 2 is 1.39 bits per heavy atom. The first-order valence-corrected chi connectivity index (χ1v) is 12.5. The predicted molar refractivity (Wildman–Crippen MR) is 141 cm³/mol. The fourth-order valence-electron chi connectivity index (χ4n) is 3.98. The molecule has 0 saturated carbocycles. The van der Waals surface area contributed by atoms with Crippen molar-refractivity contribution >= 4 is 46.6 Å². The number of hydrogen-bond donors (Lipinski definition) is 2. The number of allylic oxidation sites excluding steroid dienone is 2. The van der Waals surface area contributed by atoms with Crippen LogP contribution in [0, 0.1) is 11.3 Å². The predicted octanol–water partition coefficient (Wildman–Crippen LogP) is 2.90. The van der Waals surface area contributed by atoms with E-state index in [0.29, 0.717) is 31.3 Å². The summed E-state index contributed by atoms with van der Waals surface area (Å²) in [5.74, 6) is -1.03. The number of nitriles is 1. The van der Waals surface area contributed by atoms with Crippen LogP contribution in [0.4, 0.5) is 11.8 Å². The Morgan fingerprint density at radius 1 is 0.895 bits per heavy atom. The number of carbonyl (C=O) groups is 4. The Morgan fingerprint density at radius 3 is 1.84 bits per heavy atom. The molecule has 2 aliphatic carbocycles. The van der Waals surface area contributed by atoms with Crippen LogP contribution in [0.25, 0.3) is 0 Å². The highest BCUT2D eigenvalue weighted by Gasteiger charge is 2.22. The fraction of sp³-hybridized carbons (Fsp3) is 0.444. The first kappa shape index (κ1) is 28.2. The largest absolute Gasteiger partial charge is 0.354 e. The summed E-state index contributed by atoms with van der Waals surface area (Å²) in [5.41, 5.74) is 1.96. The molecule has 0 saturated heterocycles. The summed E-state index contributed by atoms with van der Waals surface area (Å²) >= 11 is 0. The van der Waals surface area contributed by atoms with Gasteiger partial charge in [0.05, 0.1) is 17.6 Å². The molecule has 0 aliphatic heterocycles. The quantitative estimate of drug-likeness (QED) is 0.534. The van der Waals surface area contributed by atoms with E-state index in [1.807, 2.05) is 33.8 Å². The molecule has 0 fully saturated rings. The molecule has 2 amide bonds. The zero-order chi connectivity index (χ0) is 27.8. The summed E-state index contributed by atoms with van der Waals surface area (Å²) < 4.78 is 0. The van der Waals surface area contributed by atoms with Crippen LogP contribution in [-0.2, 0) is 19.2 Å². The maximum Gasteiger partial charge on any atom is 0.251 e. The van der Waals surface area contributed by atoms with E-state index in [2.05, 4.69) is 30.6 Å². The van der Waals surface area contributed by atoms with Crippen LogP contribution in [0.2, 0.25) is 0 Å². The van der Waals surface area contributed by atoms with Crippen molar-refractivity contribution in [2.75, 3.05) is 0 Å². The molecular weight excluding hydrogens is 486 g/mol. The third-order valence-electron chi connectivity index (χ3n) is 5.63. The van der Waals surface area contributed by atoms with Gasteiger partial charge in [0.1, 0.15) is 11.6 Å². The van der Waals surface area contributed by atoms with E-state index in [9.17, 15) is 24.4 Å². The lowest BCUT2D eigenvalue weighted by Crippen LogP contribution is -2.31. The van der Waals surface area contributed by atoms with E-state index >= 15 is 0 Å². The van der Waals surface area contributed by atoms with Gasteiger partial charge in [-0.1, -0.05) is 11.1 Å². The van der Waals surface area contributed by atoms with E-state index < -0.39 is 0 Å². The van der Waals surface area contributed by atoms with Crippen LogP contribution < -0.4 is 10.6 Å². The van der Waals surface area contributed by atoms with Gasteiger partial charge in [-0.05, 0) is 65.5 Å². The summed E-state index contributed by atoms with van der Waals surface area (Å²) in [4.78, 5) is 66.1. The van der Waals surface area contributed by atoms with E-state index in [0.717, 1.165) is 5.57 Å². The minimum absolute atomic E-state index is 0.00977. The van der Waals surface area contributed by atoms with Crippen LogP contribution in [0.15, 0.2) is 39.5 Å². The Hall–Kier alpha value is -4.33. The van der Waals surface area contributed by atoms with Crippen molar-refractivity contribution in [1.82, 2.24) is 20.6 Å². The number of nitrogens with zero attached hydrogens (tertiary/aromatic N) is 5. The van der Waals surface area contributed by atoms with E-state index in [4.69, 9.17) is 0 Å². The summed E-state index contributed by atoms with van der Waals surface area (Å²) in [6.45, 7) is 7.46. The molecule has 0 radical (unpaired) electrons. The van der Waals surface area contributed by atoms with Gasteiger partial charge in [-0.25, -0.2) is 15.0 Å². The van der Waals surface area contributed by atoms with Gasteiger partial charge in [0.25, 0.3) is 5.95 Å². The lowest BCUT2D eigenvalue weighted by atomic mass is 9.94. The zero-order valence-corrected chi connectivity index (χ0v) is 22.0. The number of rotatable bonds is 8. The molecule has 11 heteroatoms. The number of nitrogens with one attached hydrogen (secondary N) is 2. The normalized spacial score (nSPS) is 17.9. The van der Waals surface area contributed by atoms with Gasteiger partial charge in [-0.15, -0.1) is 0 Å². The maximum atomic E-state index is 12.7. The number of carbonyl (C=O) groups excluding carboxylic acids is 4. The summed E-state index contributed by atoms with van der Waals surface area (Å²) in [7, 11) is 0. The molecule has 0 unspecified atom stereocenters. The molecule has 38 heavy (non-hydrogen) atoms. The average molecular weight is 518 g/mol. The lowest BCUT2D eigenvalue weighted by molar-refractivity contribution is -0.121. The van der Waals surface area contributed by atoms with Crippen LogP contribution in [0.1, 0.15) is 71.8 Å². The van der Waals surface area contributed by atoms with E-state index in [-0.39, 0.29) is 77.1 Å². The van der Waals surface area contributed by atoms with Gasteiger partial charge in [0, 0.05) is 24.9 Å². The minimum atomic E-state index is -0.347. The molecule has 0 aromatic carbocycles. The van der Waals surface area contributed by atoms with Crippen LogP contribution in [0.3, 0.4) is 0 Å². The van der Waals surface area contributed by atoms with Crippen molar-refractivity contribution in [3.8, 4) is 6.07 Å². The number of ketones is 2. The number of aliphatic imine (C=N–C) groups is 2. The molecule has 1 aromatic heterocycles. The second-order valence-corrected chi connectivity index (χ2v) is 9.77. The number of amides is 2. The fourth-order valence-corrected chi connectivity index (χ4v) is 3.98. The average Bonchev–Trinajstić information content (AvgIpc) is 2.81. The second kappa shape index (κ2) is 12.8.